The first kappa shape index (κ1) is 18.8. The van der Waals surface area contributed by atoms with E-state index >= 15 is 0 Å². The molecule has 1 amide bonds. The van der Waals surface area contributed by atoms with Crippen molar-refractivity contribution in [2.24, 2.45) is 0 Å². The number of fused-ring (bicyclic) bond motifs is 1. The van der Waals surface area contributed by atoms with E-state index in [2.05, 4.69) is 15.4 Å². The van der Waals surface area contributed by atoms with E-state index in [4.69, 9.17) is 0 Å². The third-order valence-electron chi connectivity index (χ3n) is 4.43. The fourth-order valence-corrected chi connectivity index (χ4v) is 2.88. The van der Waals surface area contributed by atoms with Gasteiger partial charge in [-0.3, -0.25) is 15.2 Å². The summed E-state index contributed by atoms with van der Waals surface area (Å²) in [6.45, 7) is 5.88. The zero-order chi connectivity index (χ0) is 19.6. The van der Waals surface area contributed by atoms with Crippen LogP contribution in [0.3, 0.4) is 0 Å². The Morgan fingerprint density at radius 2 is 1.85 bits per heavy atom. The Morgan fingerprint density at radius 3 is 2.52 bits per heavy atom. The number of nitrogens with one attached hydrogen (secondary N) is 1. The van der Waals surface area contributed by atoms with Gasteiger partial charge in [-0.25, -0.2) is 14.4 Å². The van der Waals surface area contributed by atoms with Gasteiger partial charge in [0.2, 0.25) is 11.9 Å². The largest absolute Gasteiger partial charge is 0.273 e. The van der Waals surface area contributed by atoms with Gasteiger partial charge in [-0.15, -0.1) is 0 Å². The molecule has 3 rings (SSSR count). The highest BCUT2D eigenvalue weighted by Crippen LogP contribution is 2.31. The smallest absolute Gasteiger partial charge is 0.242 e. The Labute approximate surface area is 158 Å². The van der Waals surface area contributed by atoms with E-state index in [1.165, 1.54) is 11.1 Å². The SMILES string of the molecule is CCC(=O)N(C)Nc1nc(-c2ccc(F)c3ccccc23)cc(C(C)C)n1. The summed E-state index contributed by atoms with van der Waals surface area (Å²) in [6.07, 6.45) is 0.378. The Hall–Kier alpha value is -3.02. The van der Waals surface area contributed by atoms with Gasteiger partial charge in [0.05, 0.1) is 5.69 Å². The van der Waals surface area contributed by atoms with Crippen LogP contribution in [0.5, 0.6) is 0 Å². The van der Waals surface area contributed by atoms with Crippen LogP contribution in [-0.2, 0) is 4.79 Å². The molecule has 3 aromatic rings. The Kier molecular flexibility index (Phi) is 5.35. The molecule has 5 nitrogen and oxygen atoms in total. The minimum absolute atomic E-state index is 0.0673. The van der Waals surface area contributed by atoms with E-state index in [0.717, 1.165) is 16.6 Å². The van der Waals surface area contributed by atoms with Gasteiger partial charge in [0.1, 0.15) is 5.82 Å². The molecule has 0 aliphatic carbocycles. The van der Waals surface area contributed by atoms with Gasteiger partial charge >= 0.3 is 0 Å². The van der Waals surface area contributed by atoms with Crippen molar-refractivity contribution in [1.29, 1.82) is 0 Å². The van der Waals surface area contributed by atoms with E-state index in [1.54, 1.807) is 26.1 Å². The molecule has 0 saturated heterocycles. The van der Waals surface area contributed by atoms with Crippen molar-refractivity contribution in [2.45, 2.75) is 33.1 Å². The fourth-order valence-electron chi connectivity index (χ4n) is 2.88. The third-order valence-corrected chi connectivity index (χ3v) is 4.43. The van der Waals surface area contributed by atoms with Crippen LogP contribution in [0, 0.1) is 5.82 Å². The zero-order valence-electron chi connectivity index (χ0n) is 16.0. The van der Waals surface area contributed by atoms with Crippen LogP contribution in [0.4, 0.5) is 10.3 Å². The van der Waals surface area contributed by atoms with Crippen LogP contribution in [0.25, 0.3) is 22.0 Å². The van der Waals surface area contributed by atoms with Crippen LogP contribution >= 0.6 is 0 Å². The molecule has 0 radical (unpaired) electrons. The van der Waals surface area contributed by atoms with Gasteiger partial charge < -0.3 is 0 Å². The molecule has 0 aliphatic heterocycles. The van der Waals surface area contributed by atoms with E-state index in [0.29, 0.717) is 23.4 Å². The maximum Gasteiger partial charge on any atom is 0.242 e. The number of benzene rings is 2. The highest BCUT2D eigenvalue weighted by atomic mass is 19.1. The Balaban J connectivity index is 2.13. The molecular formula is C21H23FN4O. The standard InChI is InChI=1S/C21H23FN4O/c1-5-20(27)26(4)25-21-23-18(13(2)3)12-19(24-21)16-10-11-17(22)15-9-7-6-8-14(15)16/h6-13H,5H2,1-4H3,(H,23,24,25). The van der Waals surface area contributed by atoms with Crippen LogP contribution in [0.2, 0.25) is 0 Å². The highest BCUT2D eigenvalue weighted by Gasteiger charge is 2.15. The number of halogens is 1. The maximum atomic E-state index is 14.2. The molecule has 0 aliphatic rings. The summed E-state index contributed by atoms with van der Waals surface area (Å²) in [4.78, 5) is 21.0. The summed E-state index contributed by atoms with van der Waals surface area (Å²) in [5, 5.41) is 2.72. The van der Waals surface area contributed by atoms with Gasteiger partial charge in [0, 0.05) is 30.1 Å². The zero-order valence-corrected chi connectivity index (χ0v) is 16.0. The number of amides is 1. The molecule has 2 aromatic carbocycles. The number of hydrazine groups is 1. The normalized spacial score (nSPS) is 11.0. The lowest BCUT2D eigenvalue weighted by Crippen LogP contribution is -2.32. The summed E-state index contributed by atoms with van der Waals surface area (Å²) in [5.74, 6) is 0.182. The first-order valence-electron chi connectivity index (χ1n) is 9.00. The van der Waals surface area contributed by atoms with Crippen LogP contribution in [0.15, 0.2) is 42.5 Å². The van der Waals surface area contributed by atoms with Gasteiger partial charge in [0.25, 0.3) is 0 Å². The summed E-state index contributed by atoms with van der Waals surface area (Å²) >= 11 is 0. The van der Waals surface area contributed by atoms with Crippen molar-refractivity contribution in [3.8, 4) is 11.3 Å². The lowest BCUT2D eigenvalue weighted by molar-refractivity contribution is -0.128. The molecule has 0 saturated carbocycles. The lowest BCUT2D eigenvalue weighted by Gasteiger charge is -2.19. The molecule has 1 N–H and O–H groups in total. The Morgan fingerprint density at radius 1 is 1.15 bits per heavy atom. The molecule has 6 heteroatoms. The number of hydrogen-bond acceptors (Lipinski definition) is 4. The predicted molar refractivity (Wildman–Crippen MR) is 106 cm³/mol. The van der Waals surface area contributed by atoms with Crippen molar-refractivity contribution < 1.29 is 9.18 Å². The van der Waals surface area contributed by atoms with E-state index in [9.17, 15) is 9.18 Å². The molecule has 0 fully saturated rings. The van der Waals surface area contributed by atoms with Gasteiger partial charge in [-0.1, -0.05) is 45.0 Å². The topological polar surface area (TPSA) is 58.1 Å². The minimum Gasteiger partial charge on any atom is -0.273 e. The van der Waals surface area contributed by atoms with E-state index in [-0.39, 0.29) is 17.6 Å². The average Bonchev–Trinajstić information content (AvgIpc) is 2.67. The summed E-state index contributed by atoms with van der Waals surface area (Å²) in [5.41, 5.74) is 5.29. The van der Waals surface area contributed by atoms with Crippen molar-refractivity contribution in [2.75, 3.05) is 12.5 Å². The van der Waals surface area contributed by atoms with Gasteiger partial charge in [-0.05, 0) is 29.5 Å². The van der Waals surface area contributed by atoms with Crippen LogP contribution in [0.1, 0.15) is 38.8 Å². The number of aromatic nitrogens is 2. The maximum absolute atomic E-state index is 14.2. The predicted octanol–water partition coefficient (Wildman–Crippen LogP) is 4.75. The lowest BCUT2D eigenvalue weighted by atomic mass is 10.00. The van der Waals surface area contributed by atoms with Crippen molar-refractivity contribution in [1.82, 2.24) is 15.0 Å². The molecule has 0 atom stereocenters. The molecular weight excluding hydrogens is 343 g/mol. The highest BCUT2D eigenvalue weighted by molar-refractivity contribution is 5.96. The van der Waals surface area contributed by atoms with Crippen molar-refractivity contribution >= 4 is 22.6 Å². The van der Waals surface area contributed by atoms with Crippen molar-refractivity contribution in [3.05, 3.63) is 54.0 Å². The van der Waals surface area contributed by atoms with E-state index in [1.807, 2.05) is 38.1 Å². The molecule has 27 heavy (non-hydrogen) atoms. The molecule has 0 unspecified atom stereocenters. The number of anilines is 1. The van der Waals surface area contributed by atoms with Crippen LogP contribution in [-0.4, -0.2) is 27.9 Å². The second kappa shape index (κ2) is 7.70. The number of hydrogen-bond donors (Lipinski definition) is 1. The second-order valence-electron chi connectivity index (χ2n) is 6.71. The molecule has 1 heterocycles. The van der Waals surface area contributed by atoms with Gasteiger partial charge in [-0.2, -0.15) is 0 Å². The average molecular weight is 366 g/mol. The summed E-state index contributed by atoms with van der Waals surface area (Å²) < 4.78 is 14.2. The van der Waals surface area contributed by atoms with Gasteiger partial charge in [0.15, 0.2) is 0 Å². The number of nitrogens with zero attached hydrogens (tertiary/aromatic N) is 3. The van der Waals surface area contributed by atoms with E-state index < -0.39 is 0 Å². The van der Waals surface area contributed by atoms with Crippen LogP contribution < -0.4 is 5.43 Å². The second-order valence-corrected chi connectivity index (χ2v) is 6.71. The minimum atomic E-state index is -0.265. The van der Waals surface area contributed by atoms with Crippen molar-refractivity contribution in [3.63, 3.8) is 0 Å². The fraction of sp³-hybridized carbons (Fsp3) is 0.286. The molecule has 140 valence electrons. The molecule has 1 aromatic heterocycles. The Bertz CT molecular complexity index is 987. The number of carbonyl (C=O) groups is 1. The number of rotatable bonds is 5. The number of carbonyl (C=O) groups excluding carboxylic acids is 1. The third kappa shape index (κ3) is 3.89. The first-order valence-corrected chi connectivity index (χ1v) is 9.00. The summed E-state index contributed by atoms with van der Waals surface area (Å²) in [7, 11) is 1.64. The summed E-state index contributed by atoms with van der Waals surface area (Å²) in [6, 6.07) is 12.4. The monoisotopic (exact) mass is 366 g/mol. The molecule has 0 bridgehead atoms. The molecule has 0 spiro atoms. The quantitative estimate of drug-likeness (QED) is 0.662. The first-order chi connectivity index (χ1) is 12.9.